The molecular formula is C42H64O2. The molecule has 0 aliphatic carbocycles. The highest BCUT2D eigenvalue weighted by Gasteiger charge is 2.02. The summed E-state index contributed by atoms with van der Waals surface area (Å²) in [5, 5.41) is 19.5. The SMILES string of the molecule is CC(C)=CCCC(C)=CCCC(C)=CCCC(C)=CCCC(C)=CCCC(C)=CCCC(C)=CCCc1cc(O)ccc1O. The zero-order valence-corrected chi connectivity index (χ0v) is 29.6. The summed E-state index contributed by atoms with van der Waals surface area (Å²) in [6.07, 6.45) is 32.0. The molecule has 0 heterocycles. The lowest BCUT2D eigenvalue weighted by Crippen LogP contribution is -1.86. The maximum Gasteiger partial charge on any atom is 0.119 e. The monoisotopic (exact) mass is 600 g/mol. The first-order valence-electron chi connectivity index (χ1n) is 17.0. The first-order valence-corrected chi connectivity index (χ1v) is 17.0. The van der Waals surface area contributed by atoms with Gasteiger partial charge in [0.25, 0.3) is 0 Å². The van der Waals surface area contributed by atoms with Crippen LogP contribution in [0.15, 0.2) is 99.7 Å². The van der Waals surface area contributed by atoms with Crippen molar-refractivity contribution in [3.63, 3.8) is 0 Å². The minimum atomic E-state index is 0.205. The highest BCUT2D eigenvalue weighted by Crippen LogP contribution is 2.24. The molecule has 0 unspecified atom stereocenters. The summed E-state index contributed by atoms with van der Waals surface area (Å²) in [4.78, 5) is 0. The van der Waals surface area contributed by atoms with Gasteiger partial charge in [-0.15, -0.1) is 0 Å². The first kappa shape index (κ1) is 39.0. The molecule has 2 nitrogen and oxygen atoms in total. The Morgan fingerprint density at radius 1 is 0.455 bits per heavy atom. The quantitative estimate of drug-likeness (QED) is 0.109. The van der Waals surface area contributed by atoms with E-state index in [1.54, 1.807) is 12.1 Å². The molecule has 0 fully saturated rings. The number of phenols is 2. The Morgan fingerprint density at radius 2 is 0.773 bits per heavy atom. The van der Waals surface area contributed by atoms with Crippen LogP contribution in [0.3, 0.4) is 0 Å². The molecule has 0 aliphatic heterocycles. The summed E-state index contributed by atoms with van der Waals surface area (Å²) in [5.74, 6) is 0.462. The molecule has 1 aromatic rings. The van der Waals surface area contributed by atoms with Gasteiger partial charge in [-0.3, -0.25) is 0 Å². The number of allylic oxidation sites excluding steroid dienone is 14. The fourth-order valence-electron chi connectivity index (χ4n) is 5.18. The fourth-order valence-corrected chi connectivity index (χ4v) is 5.18. The Balaban J connectivity index is 2.24. The Labute approximate surface area is 271 Å². The highest BCUT2D eigenvalue weighted by molar-refractivity contribution is 5.38. The van der Waals surface area contributed by atoms with Crippen LogP contribution in [0.25, 0.3) is 0 Å². The van der Waals surface area contributed by atoms with Crippen molar-refractivity contribution in [1.82, 2.24) is 0 Å². The first-order chi connectivity index (χ1) is 21.0. The third-order valence-electron chi connectivity index (χ3n) is 8.22. The average molecular weight is 601 g/mol. The molecule has 0 aromatic heterocycles. The number of phenolic OH excluding ortho intramolecular Hbond substituents is 2. The molecule has 0 radical (unpaired) electrons. The Hall–Kier alpha value is -3.00. The second kappa shape index (κ2) is 23.4. The van der Waals surface area contributed by atoms with Crippen LogP contribution in [0.5, 0.6) is 11.5 Å². The fraction of sp³-hybridized carbons (Fsp3) is 0.524. The van der Waals surface area contributed by atoms with Gasteiger partial charge < -0.3 is 10.2 Å². The van der Waals surface area contributed by atoms with Crippen molar-refractivity contribution in [3.8, 4) is 11.5 Å². The summed E-state index contributed by atoms with van der Waals surface area (Å²) >= 11 is 0. The van der Waals surface area contributed by atoms with Crippen LogP contribution in [0.2, 0.25) is 0 Å². The molecule has 2 N–H and O–H groups in total. The van der Waals surface area contributed by atoms with Gasteiger partial charge in [0.15, 0.2) is 0 Å². The van der Waals surface area contributed by atoms with E-state index in [1.165, 1.54) is 57.9 Å². The van der Waals surface area contributed by atoms with Crippen LogP contribution >= 0.6 is 0 Å². The Kier molecular flexibility index (Phi) is 20.7. The summed E-state index contributed by atoms with van der Waals surface area (Å²) in [6.45, 7) is 17.9. The second-order valence-corrected chi connectivity index (χ2v) is 13.2. The van der Waals surface area contributed by atoms with Crippen molar-refractivity contribution in [3.05, 3.63) is 105 Å². The Morgan fingerprint density at radius 3 is 1.11 bits per heavy atom. The van der Waals surface area contributed by atoms with Crippen LogP contribution in [-0.4, -0.2) is 10.2 Å². The number of rotatable bonds is 21. The van der Waals surface area contributed by atoms with Gasteiger partial charge in [-0.05, 0) is 169 Å². The topological polar surface area (TPSA) is 40.5 Å². The molecule has 0 spiro atoms. The van der Waals surface area contributed by atoms with Gasteiger partial charge >= 0.3 is 0 Å². The van der Waals surface area contributed by atoms with Crippen molar-refractivity contribution in [2.24, 2.45) is 0 Å². The van der Waals surface area contributed by atoms with Gasteiger partial charge in [0.2, 0.25) is 0 Å². The summed E-state index contributed by atoms with van der Waals surface area (Å²) in [5.41, 5.74) is 11.1. The lowest BCUT2D eigenvalue weighted by Gasteiger charge is -2.05. The van der Waals surface area contributed by atoms with E-state index in [-0.39, 0.29) is 11.5 Å². The minimum Gasteiger partial charge on any atom is -0.508 e. The number of aromatic hydroxyl groups is 2. The van der Waals surface area contributed by atoms with Crippen molar-refractivity contribution in [1.29, 1.82) is 0 Å². The number of hydrogen-bond acceptors (Lipinski definition) is 2. The molecule has 44 heavy (non-hydrogen) atoms. The lowest BCUT2D eigenvalue weighted by molar-refractivity contribution is 0.454. The van der Waals surface area contributed by atoms with E-state index in [4.69, 9.17) is 0 Å². The summed E-state index contributed by atoms with van der Waals surface area (Å²) in [6, 6.07) is 4.72. The lowest BCUT2D eigenvalue weighted by atomic mass is 10.0. The minimum absolute atomic E-state index is 0.205. The molecule has 0 saturated heterocycles. The molecule has 1 aromatic carbocycles. The van der Waals surface area contributed by atoms with Crippen LogP contribution in [0.4, 0.5) is 0 Å². The van der Waals surface area contributed by atoms with Gasteiger partial charge in [-0.25, -0.2) is 0 Å². The van der Waals surface area contributed by atoms with E-state index < -0.39 is 0 Å². The van der Waals surface area contributed by atoms with Gasteiger partial charge in [0.1, 0.15) is 11.5 Å². The zero-order chi connectivity index (χ0) is 32.7. The van der Waals surface area contributed by atoms with Gasteiger partial charge in [0.05, 0.1) is 0 Å². The van der Waals surface area contributed by atoms with E-state index in [0.29, 0.717) is 0 Å². The standard InChI is InChI=1S/C42H64O2/c1-33(2)16-9-17-34(3)18-10-19-35(4)20-11-21-36(5)22-12-23-37(6)24-13-25-38(7)26-14-27-39(8)28-15-29-40-32-41(43)30-31-42(40)44/h16,18,20,22,24,26,28,30-32,43-44H,9-15,17,19,21,23,25,27,29H2,1-8H3. The smallest absolute Gasteiger partial charge is 0.119 e. The van der Waals surface area contributed by atoms with E-state index in [0.717, 1.165) is 82.6 Å². The third-order valence-corrected chi connectivity index (χ3v) is 8.22. The normalized spacial score (nSPS) is 13.9. The maximum atomic E-state index is 9.92. The predicted molar refractivity (Wildman–Crippen MR) is 195 cm³/mol. The van der Waals surface area contributed by atoms with Gasteiger partial charge in [-0.2, -0.15) is 0 Å². The molecule has 0 saturated carbocycles. The van der Waals surface area contributed by atoms with Crippen molar-refractivity contribution < 1.29 is 10.2 Å². The molecule has 0 aliphatic rings. The molecule has 1 rings (SSSR count). The van der Waals surface area contributed by atoms with E-state index in [2.05, 4.69) is 97.9 Å². The Bertz CT molecular complexity index is 1190. The van der Waals surface area contributed by atoms with Crippen molar-refractivity contribution >= 4 is 0 Å². The molecule has 2 heteroatoms. The van der Waals surface area contributed by atoms with Crippen LogP contribution in [0, 0.1) is 0 Å². The zero-order valence-electron chi connectivity index (χ0n) is 29.6. The molecule has 244 valence electrons. The molecule has 0 atom stereocenters. The average Bonchev–Trinajstić information content (AvgIpc) is 2.94. The van der Waals surface area contributed by atoms with Crippen molar-refractivity contribution in [2.45, 2.75) is 145 Å². The maximum absolute atomic E-state index is 9.92. The largest absolute Gasteiger partial charge is 0.508 e. The second-order valence-electron chi connectivity index (χ2n) is 13.2. The van der Waals surface area contributed by atoms with Crippen LogP contribution in [-0.2, 0) is 6.42 Å². The molecular weight excluding hydrogens is 536 g/mol. The van der Waals surface area contributed by atoms with E-state index >= 15 is 0 Å². The number of benzene rings is 1. The van der Waals surface area contributed by atoms with E-state index in [9.17, 15) is 10.2 Å². The number of aryl methyl sites for hydroxylation is 1. The number of hydrogen-bond donors (Lipinski definition) is 2. The predicted octanol–water partition coefficient (Wildman–Crippen LogP) is 13.4. The van der Waals surface area contributed by atoms with Crippen molar-refractivity contribution in [2.75, 3.05) is 0 Å². The van der Waals surface area contributed by atoms with Gasteiger partial charge in [0, 0.05) is 0 Å². The van der Waals surface area contributed by atoms with Crippen LogP contribution < -0.4 is 0 Å². The summed E-state index contributed by atoms with van der Waals surface area (Å²) < 4.78 is 0. The third kappa shape index (κ3) is 20.8. The highest BCUT2D eigenvalue weighted by atomic mass is 16.3. The molecule has 0 bridgehead atoms. The summed E-state index contributed by atoms with van der Waals surface area (Å²) in [7, 11) is 0. The van der Waals surface area contributed by atoms with E-state index in [1.807, 2.05) is 0 Å². The van der Waals surface area contributed by atoms with Crippen LogP contribution in [0.1, 0.15) is 144 Å². The van der Waals surface area contributed by atoms with Gasteiger partial charge in [-0.1, -0.05) is 81.5 Å². The molecule has 0 amide bonds.